The third-order valence-corrected chi connectivity index (χ3v) is 2.00. The summed E-state index contributed by atoms with van der Waals surface area (Å²) in [6, 6.07) is 4.76. The lowest BCUT2D eigenvalue weighted by molar-refractivity contribution is -0.141. The van der Waals surface area contributed by atoms with Crippen LogP contribution in [0.5, 0.6) is 0 Å². The molecule has 0 saturated carbocycles. The molecule has 1 aromatic carbocycles. The summed E-state index contributed by atoms with van der Waals surface area (Å²) in [4.78, 5) is 10.8. The smallest absolute Gasteiger partial charge is 0.306 e. The highest BCUT2D eigenvalue weighted by Gasteiger charge is 1.97. The van der Waals surface area contributed by atoms with Crippen LogP contribution in [0.25, 0.3) is 0 Å². The van der Waals surface area contributed by atoms with Crippen molar-refractivity contribution in [2.24, 2.45) is 0 Å². The van der Waals surface area contributed by atoms with E-state index >= 15 is 0 Å². The molecular weight excluding hydrogens is 207 g/mol. The molecular formula is C13H13FO2. The Bertz CT molecular complexity index is 441. The molecule has 0 unspecified atom stereocenters. The van der Waals surface area contributed by atoms with Crippen molar-refractivity contribution in [2.45, 2.75) is 20.3 Å². The second-order valence-corrected chi connectivity index (χ2v) is 3.28. The molecule has 0 heterocycles. The predicted octanol–water partition coefficient (Wildman–Crippen LogP) is 2.44. The van der Waals surface area contributed by atoms with Crippen molar-refractivity contribution in [1.29, 1.82) is 0 Å². The zero-order valence-corrected chi connectivity index (χ0v) is 9.34. The number of carbonyl (C=O) groups is 1. The summed E-state index contributed by atoms with van der Waals surface area (Å²) in [6.45, 7) is 3.45. The molecule has 0 spiro atoms. The molecule has 84 valence electrons. The summed E-state index contributed by atoms with van der Waals surface area (Å²) < 4.78 is 17.9. The van der Waals surface area contributed by atoms with Gasteiger partial charge >= 0.3 is 5.97 Å². The number of ether oxygens (including phenoxy) is 1. The Morgan fingerprint density at radius 1 is 1.50 bits per heavy atom. The lowest BCUT2D eigenvalue weighted by atomic mass is 10.1. The Morgan fingerprint density at radius 2 is 2.25 bits per heavy atom. The highest BCUT2D eigenvalue weighted by atomic mass is 19.1. The van der Waals surface area contributed by atoms with Crippen molar-refractivity contribution in [3.05, 3.63) is 35.1 Å². The Balaban J connectivity index is 2.56. The number of halogens is 1. The maximum atomic E-state index is 13.1. The van der Waals surface area contributed by atoms with Crippen LogP contribution in [0.2, 0.25) is 0 Å². The molecule has 0 amide bonds. The monoisotopic (exact) mass is 220 g/mol. The van der Waals surface area contributed by atoms with E-state index in [0.29, 0.717) is 17.5 Å². The van der Waals surface area contributed by atoms with Crippen LogP contribution >= 0.6 is 0 Å². The number of carbonyl (C=O) groups excluding carboxylic acids is 1. The summed E-state index contributed by atoms with van der Waals surface area (Å²) in [5.74, 6) is 4.81. The van der Waals surface area contributed by atoms with Crippen LogP contribution < -0.4 is 0 Å². The Kier molecular flexibility index (Phi) is 4.53. The molecule has 1 rings (SSSR count). The first-order valence-electron chi connectivity index (χ1n) is 5.04. The molecule has 0 aliphatic carbocycles. The van der Waals surface area contributed by atoms with Gasteiger partial charge in [0.2, 0.25) is 0 Å². The van der Waals surface area contributed by atoms with Crippen molar-refractivity contribution in [1.82, 2.24) is 0 Å². The largest absolute Gasteiger partial charge is 0.452 e. The fraction of sp³-hybridized carbons (Fsp3) is 0.308. The van der Waals surface area contributed by atoms with Crippen molar-refractivity contribution < 1.29 is 13.9 Å². The summed E-state index contributed by atoms with van der Waals surface area (Å²) in [5.41, 5.74) is 1.17. The Labute approximate surface area is 94.4 Å². The average Bonchev–Trinajstić information content (AvgIpc) is 2.28. The average molecular weight is 220 g/mol. The predicted molar refractivity (Wildman–Crippen MR) is 59.3 cm³/mol. The van der Waals surface area contributed by atoms with E-state index in [1.165, 1.54) is 6.07 Å². The summed E-state index contributed by atoms with van der Waals surface area (Å²) >= 11 is 0. The zero-order chi connectivity index (χ0) is 12.0. The van der Waals surface area contributed by atoms with Crippen LogP contribution in [0.4, 0.5) is 4.39 Å². The highest BCUT2D eigenvalue weighted by Crippen LogP contribution is 2.07. The SMILES string of the molecule is CCC(=O)OCC#Cc1ccc(C)c(F)c1. The van der Waals surface area contributed by atoms with Crippen molar-refractivity contribution >= 4 is 5.97 Å². The minimum atomic E-state index is -0.288. The highest BCUT2D eigenvalue weighted by molar-refractivity contribution is 5.69. The van der Waals surface area contributed by atoms with Gasteiger partial charge in [-0.3, -0.25) is 4.79 Å². The number of rotatable bonds is 2. The molecule has 16 heavy (non-hydrogen) atoms. The fourth-order valence-corrected chi connectivity index (χ4v) is 1.03. The molecule has 0 saturated heterocycles. The maximum absolute atomic E-state index is 13.1. The molecule has 0 aromatic heterocycles. The van der Waals surface area contributed by atoms with E-state index < -0.39 is 0 Å². The van der Waals surface area contributed by atoms with E-state index in [4.69, 9.17) is 4.74 Å². The third kappa shape index (κ3) is 3.74. The van der Waals surface area contributed by atoms with Crippen LogP contribution in [-0.4, -0.2) is 12.6 Å². The van der Waals surface area contributed by atoms with Crippen LogP contribution in [0.1, 0.15) is 24.5 Å². The molecule has 0 atom stereocenters. The number of hydrogen-bond donors (Lipinski definition) is 0. The molecule has 0 aliphatic heterocycles. The molecule has 0 aliphatic rings. The van der Waals surface area contributed by atoms with Crippen LogP contribution in [-0.2, 0) is 9.53 Å². The van der Waals surface area contributed by atoms with E-state index in [0.717, 1.165) is 0 Å². The van der Waals surface area contributed by atoms with Gasteiger partial charge in [0.1, 0.15) is 5.82 Å². The van der Waals surface area contributed by atoms with Gasteiger partial charge < -0.3 is 4.74 Å². The van der Waals surface area contributed by atoms with Gasteiger partial charge in [-0.05, 0) is 24.6 Å². The number of aryl methyl sites for hydroxylation is 1. The number of hydrogen-bond acceptors (Lipinski definition) is 2. The molecule has 3 heteroatoms. The van der Waals surface area contributed by atoms with Crippen LogP contribution in [0.15, 0.2) is 18.2 Å². The summed E-state index contributed by atoms with van der Waals surface area (Å²) in [7, 11) is 0. The lowest BCUT2D eigenvalue weighted by Crippen LogP contribution is -2.01. The zero-order valence-electron chi connectivity index (χ0n) is 9.34. The van der Waals surface area contributed by atoms with Crippen molar-refractivity contribution in [3.63, 3.8) is 0 Å². The maximum Gasteiger partial charge on any atom is 0.306 e. The van der Waals surface area contributed by atoms with Gasteiger partial charge in [-0.25, -0.2) is 4.39 Å². The van der Waals surface area contributed by atoms with E-state index in [1.807, 2.05) is 0 Å². The van der Waals surface area contributed by atoms with Gasteiger partial charge in [-0.15, -0.1) is 0 Å². The third-order valence-electron chi connectivity index (χ3n) is 2.00. The van der Waals surface area contributed by atoms with Gasteiger partial charge in [-0.2, -0.15) is 0 Å². The second kappa shape index (κ2) is 5.92. The standard InChI is InChI=1S/C13H13FO2/c1-3-13(15)16-8-4-5-11-7-6-10(2)12(14)9-11/h6-7,9H,3,8H2,1-2H3. The summed E-state index contributed by atoms with van der Waals surface area (Å²) in [6.07, 6.45) is 0.334. The molecule has 2 nitrogen and oxygen atoms in total. The van der Waals surface area contributed by atoms with Crippen molar-refractivity contribution in [2.75, 3.05) is 6.61 Å². The Morgan fingerprint density at radius 3 is 2.88 bits per heavy atom. The lowest BCUT2D eigenvalue weighted by Gasteiger charge is -1.96. The minimum absolute atomic E-state index is 0.0438. The minimum Gasteiger partial charge on any atom is -0.452 e. The second-order valence-electron chi connectivity index (χ2n) is 3.28. The first-order valence-corrected chi connectivity index (χ1v) is 5.04. The molecule has 0 fully saturated rings. The van der Waals surface area contributed by atoms with Crippen LogP contribution in [0.3, 0.4) is 0 Å². The molecule has 0 bridgehead atoms. The van der Waals surface area contributed by atoms with Gasteiger partial charge in [0.25, 0.3) is 0 Å². The normalized spacial score (nSPS) is 9.19. The van der Waals surface area contributed by atoms with Gasteiger partial charge in [0.15, 0.2) is 6.61 Å². The number of benzene rings is 1. The van der Waals surface area contributed by atoms with E-state index in [2.05, 4.69) is 11.8 Å². The van der Waals surface area contributed by atoms with E-state index in [9.17, 15) is 9.18 Å². The Hall–Kier alpha value is -1.82. The number of esters is 1. The topological polar surface area (TPSA) is 26.3 Å². The van der Waals surface area contributed by atoms with Gasteiger partial charge in [0, 0.05) is 12.0 Å². The first-order chi connectivity index (χ1) is 7.63. The van der Waals surface area contributed by atoms with Gasteiger partial charge in [0.05, 0.1) is 0 Å². The van der Waals surface area contributed by atoms with E-state index in [1.54, 1.807) is 26.0 Å². The van der Waals surface area contributed by atoms with Crippen LogP contribution in [0, 0.1) is 24.6 Å². The summed E-state index contributed by atoms with van der Waals surface area (Å²) in [5, 5.41) is 0. The molecule has 0 N–H and O–H groups in total. The fourth-order valence-electron chi connectivity index (χ4n) is 1.03. The van der Waals surface area contributed by atoms with Gasteiger partial charge in [-0.1, -0.05) is 24.8 Å². The molecule has 1 aromatic rings. The quantitative estimate of drug-likeness (QED) is 0.565. The van der Waals surface area contributed by atoms with Crippen molar-refractivity contribution in [3.8, 4) is 11.8 Å². The first kappa shape index (κ1) is 12.3. The molecule has 0 radical (unpaired) electrons. The van der Waals surface area contributed by atoms with E-state index in [-0.39, 0.29) is 18.4 Å².